The SMILES string of the molecule is CC(C)c1ccc(C(NC(=O)Cn2c(=O)c(C#N)cn(C3CC3)c2=O)C(C)C)cc1. The van der Waals surface area contributed by atoms with Crippen LogP contribution in [0, 0.1) is 17.2 Å². The van der Waals surface area contributed by atoms with Gasteiger partial charge in [0.2, 0.25) is 5.91 Å². The lowest BCUT2D eigenvalue weighted by molar-refractivity contribution is -0.122. The van der Waals surface area contributed by atoms with E-state index in [9.17, 15) is 19.6 Å². The van der Waals surface area contributed by atoms with Gasteiger partial charge in [0.25, 0.3) is 5.56 Å². The van der Waals surface area contributed by atoms with Crippen molar-refractivity contribution in [3.8, 4) is 6.07 Å². The molecule has 0 spiro atoms. The number of carbonyl (C=O) groups excluding carboxylic acids is 1. The number of hydrogen-bond donors (Lipinski definition) is 1. The Morgan fingerprint density at radius 2 is 1.73 bits per heavy atom. The second kappa shape index (κ2) is 8.70. The van der Waals surface area contributed by atoms with Crippen molar-refractivity contribution in [1.29, 1.82) is 5.26 Å². The Kier molecular flexibility index (Phi) is 6.25. The summed E-state index contributed by atoms with van der Waals surface area (Å²) in [6.07, 6.45) is 2.97. The molecule has 0 aliphatic heterocycles. The summed E-state index contributed by atoms with van der Waals surface area (Å²) in [5.74, 6) is 0.0986. The normalized spacial score (nSPS) is 14.6. The number of nitrogens with zero attached hydrogens (tertiary/aromatic N) is 3. The molecule has 1 aliphatic rings. The van der Waals surface area contributed by atoms with E-state index in [4.69, 9.17) is 0 Å². The maximum Gasteiger partial charge on any atom is 0.331 e. The van der Waals surface area contributed by atoms with E-state index >= 15 is 0 Å². The first-order valence-electron chi connectivity index (χ1n) is 10.4. The van der Waals surface area contributed by atoms with Gasteiger partial charge in [0.05, 0.1) is 6.04 Å². The van der Waals surface area contributed by atoms with Crippen molar-refractivity contribution < 1.29 is 4.79 Å². The fraction of sp³-hybridized carbons (Fsp3) is 0.478. The minimum Gasteiger partial charge on any atom is -0.347 e. The van der Waals surface area contributed by atoms with E-state index in [0.717, 1.165) is 23.0 Å². The Hall–Kier alpha value is -3.14. The van der Waals surface area contributed by atoms with Crippen LogP contribution in [0.3, 0.4) is 0 Å². The van der Waals surface area contributed by atoms with E-state index in [0.29, 0.717) is 5.92 Å². The minimum atomic E-state index is -0.725. The number of benzene rings is 1. The predicted molar refractivity (Wildman–Crippen MR) is 114 cm³/mol. The second-order valence-corrected chi connectivity index (χ2v) is 8.58. The van der Waals surface area contributed by atoms with Crippen molar-refractivity contribution in [2.24, 2.45) is 5.92 Å². The topological polar surface area (TPSA) is 96.9 Å². The molecule has 1 aromatic heterocycles. The number of nitriles is 1. The molecule has 2 aromatic rings. The highest BCUT2D eigenvalue weighted by atomic mass is 16.2. The molecule has 158 valence electrons. The molecule has 3 rings (SSSR count). The monoisotopic (exact) mass is 408 g/mol. The Balaban J connectivity index is 1.85. The quantitative estimate of drug-likeness (QED) is 0.762. The molecule has 30 heavy (non-hydrogen) atoms. The summed E-state index contributed by atoms with van der Waals surface area (Å²) in [5, 5.41) is 12.2. The molecular weight excluding hydrogens is 380 g/mol. The molecule has 0 saturated heterocycles. The molecule has 1 heterocycles. The number of amides is 1. The van der Waals surface area contributed by atoms with E-state index in [-0.39, 0.29) is 23.6 Å². The summed E-state index contributed by atoms with van der Waals surface area (Å²) in [6.45, 7) is 7.84. The molecule has 1 amide bonds. The average molecular weight is 409 g/mol. The Morgan fingerprint density at radius 3 is 2.23 bits per heavy atom. The summed E-state index contributed by atoms with van der Waals surface area (Å²) in [7, 11) is 0. The maximum absolute atomic E-state index is 12.8. The number of carbonyl (C=O) groups is 1. The molecule has 1 atom stereocenters. The van der Waals surface area contributed by atoms with Crippen LogP contribution in [-0.2, 0) is 11.3 Å². The number of nitrogens with one attached hydrogen (secondary N) is 1. The van der Waals surface area contributed by atoms with Gasteiger partial charge in [-0.15, -0.1) is 0 Å². The van der Waals surface area contributed by atoms with Crippen LogP contribution in [0.1, 0.15) is 75.2 Å². The lowest BCUT2D eigenvalue weighted by Crippen LogP contribution is -2.45. The van der Waals surface area contributed by atoms with Crippen LogP contribution in [0.15, 0.2) is 40.1 Å². The highest BCUT2D eigenvalue weighted by Crippen LogP contribution is 2.33. The summed E-state index contributed by atoms with van der Waals surface area (Å²) in [5.41, 5.74) is 0.791. The van der Waals surface area contributed by atoms with E-state index in [1.807, 2.05) is 32.0 Å². The van der Waals surface area contributed by atoms with Crippen LogP contribution in [0.25, 0.3) is 0 Å². The van der Waals surface area contributed by atoms with Crippen LogP contribution in [0.2, 0.25) is 0 Å². The zero-order chi connectivity index (χ0) is 22.0. The van der Waals surface area contributed by atoms with Crippen molar-refractivity contribution in [3.05, 3.63) is 68.0 Å². The fourth-order valence-electron chi connectivity index (χ4n) is 3.54. The first-order valence-corrected chi connectivity index (χ1v) is 10.4. The van der Waals surface area contributed by atoms with Gasteiger partial charge < -0.3 is 5.32 Å². The average Bonchev–Trinajstić information content (AvgIpc) is 3.54. The Bertz CT molecular complexity index is 1080. The Labute approximate surface area is 176 Å². The lowest BCUT2D eigenvalue weighted by atomic mass is 9.93. The summed E-state index contributed by atoms with van der Waals surface area (Å²) >= 11 is 0. The standard InChI is InChI=1S/C23H28N4O3/c1-14(2)16-5-7-17(8-6-16)21(15(3)4)25-20(28)13-27-22(29)18(11-24)12-26(23(27)30)19-9-10-19/h5-8,12,14-15,19,21H,9-10,13H2,1-4H3,(H,25,28). The van der Waals surface area contributed by atoms with Gasteiger partial charge in [-0.2, -0.15) is 5.26 Å². The van der Waals surface area contributed by atoms with E-state index in [1.54, 1.807) is 0 Å². The largest absolute Gasteiger partial charge is 0.347 e. The van der Waals surface area contributed by atoms with Crippen LogP contribution in [-0.4, -0.2) is 15.0 Å². The van der Waals surface area contributed by atoms with Crippen molar-refractivity contribution in [3.63, 3.8) is 0 Å². The molecule has 7 nitrogen and oxygen atoms in total. The van der Waals surface area contributed by atoms with Crippen LogP contribution >= 0.6 is 0 Å². The van der Waals surface area contributed by atoms with Gasteiger partial charge in [-0.1, -0.05) is 52.0 Å². The van der Waals surface area contributed by atoms with Crippen LogP contribution in [0.5, 0.6) is 0 Å². The number of rotatable bonds is 7. The van der Waals surface area contributed by atoms with Gasteiger partial charge in [-0.25, -0.2) is 9.36 Å². The fourth-order valence-corrected chi connectivity index (χ4v) is 3.54. The maximum atomic E-state index is 12.8. The van der Waals surface area contributed by atoms with Crippen LogP contribution in [0.4, 0.5) is 0 Å². The van der Waals surface area contributed by atoms with Gasteiger partial charge >= 0.3 is 5.69 Å². The summed E-state index contributed by atoms with van der Waals surface area (Å²) < 4.78 is 2.27. The highest BCUT2D eigenvalue weighted by molar-refractivity contribution is 5.76. The lowest BCUT2D eigenvalue weighted by Gasteiger charge is -2.23. The molecule has 7 heteroatoms. The van der Waals surface area contributed by atoms with Crippen molar-refractivity contribution in [2.75, 3.05) is 0 Å². The molecule has 0 radical (unpaired) electrons. The third kappa shape index (κ3) is 4.54. The molecule has 1 N–H and O–H groups in total. The van der Waals surface area contributed by atoms with Gasteiger partial charge in [0.15, 0.2) is 0 Å². The smallest absolute Gasteiger partial charge is 0.331 e. The zero-order valence-corrected chi connectivity index (χ0v) is 17.9. The second-order valence-electron chi connectivity index (χ2n) is 8.58. The van der Waals surface area contributed by atoms with E-state index in [1.165, 1.54) is 16.3 Å². The number of aromatic nitrogens is 2. The third-order valence-electron chi connectivity index (χ3n) is 5.50. The summed E-state index contributed by atoms with van der Waals surface area (Å²) in [6, 6.07) is 9.70. The molecular formula is C23H28N4O3. The van der Waals surface area contributed by atoms with Gasteiger partial charge in [0, 0.05) is 12.2 Å². The molecule has 1 unspecified atom stereocenters. The van der Waals surface area contributed by atoms with Crippen molar-refractivity contribution in [1.82, 2.24) is 14.5 Å². The third-order valence-corrected chi connectivity index (χ3v) is 5.50. The van der Waals surface area contributed by atoms with Gasteiger partial charge in [-0.05, 0) is 35.8 Å². The molecule has 1 aliphatic carbocycles. The van der Waals surface area contributed by atoms with Crippen molar-refractivity contribution >= 4 is 5.91 Å². The van der Waals surface area contributed by atoms with Crippen LogP contribution < -0.4 is 16.6 Å². The molecule has 0 bridgehead atoms. The Morgan fingerprint density at radius 1 is 1.13 bits per heavy atom. The molecule has 1 fully saturated rings. The van der Waals surface area contributed by atoms with Gasteiger partial charge in [-0.3, -0.25) is 14.2 Å². The summed E-state index contributed by atoms with van der Waals surface area (Å²) in [4.78, 5) is 38.0. The number of hydrogen-bond acceptors (Lipinski definition) is 4. The first-order chi connectivity index (χ1) is 14.2. The van der Waals surface area contributed by atoms with Gasteiger partial charge in [0.1, 0.15) is 18.2 Å². The zero-order valence-electron chi connectivity index (χ0n) is 17.9. The molecule has 1 aromatic carbocycles. The van der Waals surface area contributed by atoms with Crippen molar-refractivity contribution in [2.45, 2.75) is 65.1 Å². The minimum absolute atomic E-state index is 0.00222. The molecule has 1 saturated carbocycles. The first kappa shape index (κ1) is 21.6. The predicted octanol–water partition coefficient (Wildman–Crippen LogP) is 2.85. The van der Waals surface area contributed by atoms with E-state index in [2.05, 4.69) is 31.3 Å². The van der Waals surface area contributed by atoms with E-state index < -0.39 is 23.7 Å². The highest BCUT2D eigenvalue weighted by Gasteiger charge is 2.27.